The van der Waals surface area contributed by atoms with Gasteiger partial charge in [0.05, 0.1) is 12.7 Å². The highest BCUT2D eigenvalue weighted by Crippen LogP contribution is 2.36. The minimum absolute atomic E-state index is 0.0129. The zero-order valence-corrected chi connectivity index (χ0v) is 12.8. The number of carboxylic acid groups (broad SMARTS) is 1. The lowest BCUT2D eigenvalue weighted by Gasteiger charge is -2.11. The molecule has 0 heterocycles. The van der Waals surface area contributed by atoms with E-state index in [4.69, 9.17) is 9.84 Å². The predicted octanol–water partition coefficient (Wildman–Crippen LogP) is 1.86. The highest BCUT2D eigenvalue weighted by molar-refractivity contribution is 7.89. The van der Waals surface area contributed by atoms with Crippen molar-refractivity contribution in [3.63, 3.8) is 0 Å². The Labute approximate surface area is 124 Å². The smallest absolute Gasteiger partial charge is 0.335 e. The zero-order valence-electron chi connectivity index (χ0n) is 12.0. The molecule has 0 amide bonds. The van der Waals surface area contributed by atoms with Gasteiger partial charge in [-0.15, -0.1) is 0 Å². The molecular weight excluding hydrogens is 294 g/mol. The molecule has 1 aliphatic carbocycles. The molecule has 0 spiro atoms. The van der Waals surface area contributed by atoms with Crippen LogP contribution >= 0.6 is 0 Å². The second-order valence-electron chi connectivity index (χ2n) is 5.18. The molecule has 2 rings (SSSR count). The topological polar surface area (TPSA) is 92.7 Å². The number of carboxylic acids is 1. The molecule has 116 valence electrons. The maximum Gasteiger partial charge on any atom is 0.335 e. The van der Waals surface area contributed by atoms with Crippen LogP contribution in [0.25, 0.3) is 0 Å². The van der Waals surface area contributed by atoms with Crippen molar-refractivity contribution in [3.05, 3.63) is 23.8 Å². The Balaban J connectivity index is 2.22. The molecule has 0 aliphatic heterocycles. The predicted molar refractivity (Wildman–Crippen MR) is 77.1 cm³/mol. The molecule has 2 atom stereocenters. The molecular formula is C14H19NO5S. The molecule has 7 heteroatoms. The summed E-state index contributed by atoms with van der Waals surface area (Å²) in [6.45, 7) is 2.07. The van der Waals surface area contributed by atoms with E-state index in [0.29, 0.717) is 5.92 Å². The van der Waals surface area contributed by atoms with Crippen LogP contribution in [0, 0.1) is 5.92 Å². The zero-order chi connectivity index (χ0) is 15.6. The number of methoxy groups -OCH3 is 1. The maximum atomic E-state index is 12.4. The molecule has 0 bridgehead atoms. The summed E-state index contributed by atoms with van der Waals surface area (Å²) in [4.78, 5) is 10.9. The Morgan fingerprint density at radius 1 is 1.48 bits per heavy atom. The van der Waals surface area contributed by atoms with E-state index in [1.165, 1.54) is 25.3 Å². The number of ether oxygens (including phenoxy) is 1. The van der Waals surface area contributed by atoms with Gasteiger partial charge in [-0.2, -0.15) is 0 Å². The third-order valence-corrected chi connectivity index (χ3v) is 5.12. The summed E-state index contributed by atoms with van der Waals surface area (Å²) >= 11 is 0. The van der Waals surface area contributed by atoms with Crippen LogP contribution in [0.1, 0.15) is 36.5 Å². The minimum Gasteiger partial charge on any atom is -0.495 e. The summed E-state index contributed by atoms with van der Waals surface area (Å²) in [5.74, 6) is -0.695. The first kappa shape index (κ1) is 15.8. The molecule has 1 aromatic rings. The quantitative estimate of drug-likeness (QED) is 0.801. The number of carbonyl (C=O) groups is 1. The average Bonchev–Trinajstić information content (AvgIpc) is 3.15. The number of sulfonamides is 1. The Kier molecular flexibility index (Phi) is 4.53. The first-order valence-corrected chi connectivity index (χ1v) is 8.31. The molecule has 0 radical (unpaired) electrons. The maximum absolute atomic E-state index is 12.4. The van der Waals surface area contributed by atoms with Crippen LogP contribution in [0.15, 0.2) is 23.1 Å². The molecule has 0 aromatic heterocycles. The number of rotatable bonds is 7. The highest BCUT2D eigenvalue weighted by atomic mass is 32.2. The van der Waals surface area contributed by atoms with Crippen molar-refractivity contribution in [1.29, 1.82) is 0 Å². The first-order chi connectivity index (χ1) is 9.89. The van der Waals surface area contributed by atoms with Crippen molar-refractivity contribution in [3.8, 4) is 5.75 Å². The molecule has 6 nitrogen and oxygen atoms in total. The Bertz CT molecular complexity index is 641. The van der Waals surface area contributed by atoms with Gasteiger partial charge in [-0.3, -0.25) is 0 Å². The largest absolute Gasteiger partial charge is 0.495 e. The van der Waals surface area contributed by atoms with E-state index in [1.807, 2.05) is 0 Å². The lowest BCUT2D eigenvalue weighted by Crippen LogP contribution is -2.27. The third kappa shape index (κ3) is 3.54. The lowest BCUT2D eigenvalue weighted by atomic mass is 10.2. The van der Waals surface area contributed by atoms with E-state index in [0.717, 1.165) is 19.3 Å². The van der Waals surface area contributed by atoms with Crippen LogP contribution < -0.4 is 9.46 Å². The molecule has 1 saturated carbocycles. The number of hydrogen-bond donors (Lipinski definition) is 2. The van der Waals surface area contributed by atoms with Crippen molar-refractivity contribution in [1.82, 2.24) is 4.72 Å². The second-order valence-corrected chi connectivity index (χ2v) is 6.87. The molecule has 1 fully saturated rings. The summed E-state index contributed by atoms with van der Waals surface area (Å²) in [6.07, 6.45) is 2.88. The first-order valence-electron chi connectivity index (χ1n) is 6.82. The van der Waals surface area contributed by atoms with Crippen LogP contribution in [0.4, 0.5) is 0 Å². The molecule has 1 aliphatic rings. The highest BCUT2D eigenvalue weighted by Gasteiger charge is 2.39. The van der Waals surface area contributed by atoms with Crippen LogP contribution in [-0.4, -0.2) is 32.6 Å². The van der Waals surface area contributed by atoms with E-state index in [1.54, 1.807) is 0 Å². The average molecular weight is 313 g/mol. The van der Waals surface area contributed by atoms with Crippen LogP contribution in [-0.2, 0) is 10.0 Å². The van der Waals surface area contributed by atoms with Crippen molar-refractivity contribution in [2.45, 2.75) is 37.1 Å². The molecule has 0 saturated heterocycles. The van der Waals surface area contributed by atoms with Crippen molar-refractivity contribution >= 4 is 16.0 Å². The van der Waals surface area contributed by atoms with Crippen molar-refractivity contribution < 1.29 is 23.1 Å². The van der Waals surface area contributed by atoms with Crippen LogP contribution in [0.5, 0.6) is 5.75 Å². The summed E-state index contributed by atoms with van der Waals surface area (Å²) < 4.78 is 32.4. The fraction of sp³-hybridized carbons (Fsp3) is 0.500. The molecule has 2 N–H and O–H groups in total. The normalized spacial score (nSPS) is 21.0. The van der Waals surface area contributed by atoms with Crippen molar-refractivity contribution in [2.24, 2.45) is 5.92 Å². The van der Waals surface area contributed by atoms with Gasteiger partial charge >= 0.3 is 5.97 Å². The SMILES string of the molecule is CCCC1CC1NS(=O)(=O)c1ccc(C(=O)O)cc1OC. The Hall–Kier alpha value is -1.60. The number of hydrogen-bond acceptors (Lipinski definition) is 4. The van der Waals surface area contributed by atoms with E-state index in [-0.39, 0.29) is 22.3 Å². The van der Waals surface area contributed by atoms with Gasteiger partial charge in [0.2, 0.25) is 10.0 Å². The number of nitrogens with one attached hydrogen (secondary N) is 1. The van der Waals surface area contributed by atoms with E-state index in [2.05, 4.69) is 11.6 Å². The third-order valence-electron chi connectivity index (χ3n) is 3.59. The van der Waals surface area contributed by atoms with Crippen LogP contribution in [0.3, 0.4) is 0 Å². The molecule has 21 heavy (non-hydrogen) atoms. The number of benzene rings is 1. The fourth-order valence-electron chi connectivity index (χ4n) is 2.37. The Morgan fingerprint density at radius 2 is 2.19 bits per heavy atom. The second kappa shape index (κ2) is 6.03. The van der Waals surface area contributed by atoms with Gasteiger partial charge < -0.3 is 9.84 Å². The van der Waals surface area contributed by atoms with E-state index >= 15 is 0 Å². The van der Waals surface area contributed by atoms with Gasteiger partial charge in [-0.1, -0.05) is 13.3 Å². The summed E-state index contributed by atoms with van der Waals surface area (Å²) in [5.41, 5.74) is -0.0129. The fourth-order valence-corrected chi connectivity index (χ4v) is 3.84. The lowest BCUT2D eigenvalue weighted by molar-refractivity contribution is 0.0696. The molecule has 1 aromatic carbocycles. The van der Waals surface area contributed by atoms with Gasteiger partial charge in [-0.05, 0) is 37.0 Å². The van der Waals surface area contributed by atoms with E-state index in [9.17, 15) is 13.2 Å². The van der Waals surface area contributed by atoms with Crippen molar-refractivity contribution in [2.75, 3.05) is 7.11 Å². The van der Waals surface area contributed by atoms with Gasteiger partial charge in [0.1, 0.15) is 10.6 Å². The van der Waals surface area contributed by atoms with Crippen LogP contribution in [0.2, 0.25) is 0 Å². The van der Waals surface area contributed by atoms with Gasteiger partial charge in [0.25, 0.3) is 0 Å². The molecule has 2 unspecified atom stereocenters. The van der Waals surface area contributed by atoms with Gasteiger partial charge in [0.15, 0.2) is 0 Å². The summed E-state index contributed by atoms with van der Waals surface area (Å²) in [5, 5.41) is 8.93. The van der Waals surface area contributed by atoms with Gasteiger partial charge in [0, 0.05) is 6.04 Å². The standard InChI is InChI=1S/C14H19NO5S/c1-3-4-9-7-11(9)15-21(18,19)13-6-5-10(14(16)17)8-12(13)20-2/h5-6,8-9,11,15H,3-4,7H2,1-2H3,(H,16,17). The van der Waals surface area contributed by atoms with Gasteiger partial charge in [-0.25, -0.2) is 17.9 Å². The summed E-state index contributed by atoms with van der Waals surface area (Å²) in [7, 11) is -2.38. The number of aromatic carboxylic acids is 1. The summed E-state index contributed by atoms with van der Waals surface area (Å²) in [6, 6.07) is 3.71. The minimum atomic E-state index is -3.70. The monoisotopic (exact) mass is 313 g/mol. The van der Waals surface area contributed by atoms with E-state index < -0.39 is 16.0 Å². The Morgan fingerprint density at radius 3 is 2.76 bits per heavy atom.